The van der Waals surface area contributed by atoms with Crippen LogP contribution in [0.3, 0.4) is 0 Å². The van der Waals surface area contributed by atoms with Gasteiger partial charge in [0.25, 0.3) is 0 Å². The molecule has 0 amide bonds. The Morgan fingerprint density at radius 1 is 1.28 bits per heavy atom. The number of benzene rings is 1. The highest BCUT2D eigenvalue weighted by Gasteiger charge is 2.39. The van der Waals surface area contributed by atoms with Crippen molar-refractivity contribution in [3.05, 3.63) is 24.3 Å². The molecule has 2 N–H and O–H groups in total. The average Bonchev–Trinajstić information content (AvgIpc) is 3.07. The van der Waals surface area contributed by atoms with Crippen LogP contribution < -0.4 is 10.0 Å². The van der Waals surface area contributed by atoms with Crippen molar-refractivity contribution in [2.75, 3.05) is 11.9 Å². The second-order valence-corrected chi connectivity index (χ2v) is 6.34. The zero-order valence-corrected chi connectivity index (χ0v) is 11.6. The molecule has 0 bridgehead atoms. The molecule has 2 unspecified atom stereocenters. The van der Waals surface area contributed by atoms with E-state index < -0.39 is 10.0 Å². The van der Waals surface area contributed by atoms with E-state index in [0.29, 0.717) is 23.0 Å². The molecular formula is C13H20N2O2S. The fourth-order valence-electron chi connectivity index (χ4n) is 2.14. The first kappa shape index (κ1) is 13.4. The van der Waals surface area contributed by atoms with Crippen molar-refractivity contribution in [2.45, 2.75) is 37.6 Å². The van der Waals surface area contributed by atoms with Gasteiger partial charge in [-0.15, -0.1) is 0 Å². The Morgan fingerprint density at radius 2 is 2.00 bits per heavy atom. The maximum Gasteiger partial charge on any atom is 0.242 e. The van der Waals surface area contributed by atoms with Crippen molar-refractivity contribution in [1.82, 2.24) is 4.72 Å². The molecule has 1 aromatic rings. The largest absolute Gasteiger partial charge is 0.384 e. The van der Waals surface area contributed by atoms with Crippen molar-refractivity contribution in [3.8, 4) is 0 Å². The highest BCUT2D eigenvalue weighted by Crippen LogP contribution is 2.35. The van der Waals surface area contributed by atoms with Crippen LogP contribution in [0.15, 0.2) is 29.2 Å². The fraction of sp³-hybridized carbons (Fsp3) is 0.538. The van der Waals surface area contributed by atoms with Crippen molar-refractivity contribution in [3.63, 3.8) is 0 Å². The molecule has 0 radical (unpaired) electrons. The summed E-state index contributed by atoms with van der Waals surface area (Å²) >= 11 is 0. The van der Waals surface area contributed by atoms with E-state index in [1.807, 2.05) is 13.0 Å². The number of rotatable bonds is 6. The van der Waals surface area contributed by atoms with Crippen LogP contribution in [0.2, 0.25) is 0 Å². The first-order valence-electron chi connectivity index (χ1n) is 6.43. The second kappa shape index (κ2) is 5.28. The zero-order valence-electron chi connectivity index (χ0n) is 10.8. The molecular weight excluding hydrogens is 248 g/mol. The van der Waals surface area contributed by atoms with Crippen LogP contribution in [0, 0.1) is 5.92 Å². The predicted molar refractivity (Wildman–Crippen MR) is 73.1 cm³/mol. The van der Waals surface area contributed by atoms with Gasteiger partial charge in [0.05, 0.1) is 5.69 Å². The van der Waals surface area contributed by atoms with E-state index in [4.69, 9.17) is 0 Å². The summed E-state index contributed by atoms with van der Waals surface area (Å²) in [5.74, 6) is 0.506. The molecule has 18 heavy (non-hydrogen) atoms. The highest BCUT2D eigenvalue weighted by atomic mass is 32.2. The Morgan fingerprint density at radius 3 is 2.61 bits per heavy atom. The van der Waals surface area contributed by atoms with Crippen molar-refractivity contribution in [1.29, 1.82) is 0 Å². The summed E-state index contributed by atoms with van der Waals surface area (Å²) in [6.45, 7) is 4.74. The molecule has 1 aromatic carbocycles. The van der Waals surface area contributed by atoms with Crippen molar-refractivity contribution >= 4 is 15.7 Å². The van der Waals surface area contributed by atoms with Gasteiger partial charge in [0.1, 0.15) is 4.90 Å². The van der Waals surface area contributed by atoms with E-state index in [1.54, 1.807) is 18.2 Å². The minimum atomic E-state index is -3.41. The second-order valence-electron chi connectivity index (χ2n) is 4.66. The number of para-hydroxylation sites is 1. The number of hydrogen-bond acceptors (Lipinski definition) is 3. The third-order valence-electron chi connectivity index (χ3n) is 3.30. The molecule has 5 heteroatoms. The lowest BCUT2D eigenvalue weighted by molar-refractivity contribution is 0.576. The van der Waals surface area contributed by atoms with E-state index >= 15 is 0 Å². The van der Waals surface area contributed by atoms with E-state index in [0.717, 1.165) is 12.8 Å². The topological polar surface area (TPSA) is 58.2 Å². The maximum absolute atomic E-state index is 12.3. The quantitative estimate of drug-likeness (QED) is 0.831. The summed E-state index contributed by atoms with van der Waals surface area (Å²) in [4.78, 5) is 0.341. The molecule has 1 saturated carbocycles. The van der Waals surface area contributed by atoms with Gasteiger partial charge in [-0.1, -0.05) is 25.5 Å². The Labute approximate surface area is 109 Å². The van der Waals surface area contributed by atoms with Gasteiger partial charge in [-0.2, -0.15) is 0 Å². The molecule has 1 aliphatic rings. The summed E-state index contributed by atoms with van der Waals surface area (Å²) in [7, 11) is -3.41. The summed E-state index contributed by atoms with van der Waals surface area (Å²) in [6, 6.07) is 7.14. The van der Waals surface area contributed by atoms with Crippen LogP contribution in [0.1, 0.15) is 26.7 Å². The van der Waals surface area contributed by atoms with Gasteiger partial charge in [-0.3, -0.25) is 0 Å². The van der Waals surface area contributed by atoms with Crippen LogP contribution in [0.25, 0.3) is 0 Å². The van der Waals surface area contributed by atoms with Crippen LogP contribution in [-0.4, -0.2) is 21.0 Å². The maximum atomic E-state index is 12.3. The molecule has 0 aromatic heterocycles. The van der Waals surface area contributed by atoms with E-state index in [1.165, 1.54) is 0 Å². The van der Waals surface area contributed by atoms with E-state index in [-0.39, 0.29) is 6.04 Å². The molecule has 1 aliphatic carbocycles. The van der Waals surface area contributed by atoms with Crippen molar-refractivity contribution in [2.24, 2.45) is 5.92 Å². The number of nitrogens with one attached hydrogen (secondary N) is 2. The number of anilines is 1. The average molecular weight is 268 g/mol. The molecule has 0 saturated heterocycles. The Kier molecular flexibility index (Phi) is 3.92. The summed E-state index contributed by atoms with van der Waals surface area (Å²) in [5.41, 5.74) is 0.668. The lowest BCUT2D eigenvalue weighted by Crippen LogP contribution is -2.27. The van der Waals surface area contributed by atoms with Crippen LogP contribution in [-0.2, 0) is 10.0 Å². The molecule has 0 aliphatic heterocycles. The standard InChI is InChI=1S/C13H20N2O2S/c1-3-10-9-12(10)15-18(16,17)13-8-6-5-7-11(13)14-4-2/h5-8,10,12,14-15H,3-4,9H2,1-2H3. The minimum Gasteiger partial charge on any atom is -0.384 e. The lowest BCUT2D eigenvalue weighted by Gasteiger charge is -2.12. The normalized spacial score (nSPS) is 22.8. The number of sulfonamides is 1. The van der Waals surface area contributed by atoms with Crippen LogP contribution in [0.4, 0.5) is 5.69 Å². The Bertz CT molecular complexity index is 513. The van der Waals surface area contributed by atoms with Gasteiger partial charge >= 0.3 is 0 Å². The van der Waals surface area contributed by atoms with Gasteiger partial charge in [0.2, 0.25) is 10.0 Å². The van der Waals surface area contributed by atoms with Gasteiger partial charge < -0.3 is 5.32 Å². The van der Waals surface area contributed by atoms with Crippen LogP contribution >= 0.6 is 0 Å². The monoisotopic (exact) mass is 268 g/mol. The molecule has 1 fully saturated rings. The third kappa shape index (κ3) is 2.84. The first-order chi connectivity index (χ1) is 8.58. The Hall–Kier alpha value is -1.07. The predicted octanol–water partition coefficient (Wildman–Crippen LogP) is 2.20. The summed E-state index contributed by atoms with van der Waals surface area (Å²) in [5, 5.41) is 3.08. The molecule has 0 heterocycles. The lowest BCUT2D eigenvalue weighted by atomic mass is 10.3. The van der Waals surface area contributed by atoms with Crippen LogP contribution in [0.5, 0.6) is 0 Å². The van der Waals surface area contributed by atoms with Gasteiger partial charge in [-0.25, -0.2) is 13.1 Å². The van der Waals surface area contributed by atoms with Gasteiger partial charge in [-0.05, 0) is 31.4 Å². The first-order valence-corrected chi connectivity index (χ1v) is 7.92. The fourth-order valence-corrected chi connectivity index (χ4v) is 3.65. The molecule has 0 spiro atoms. The molecule has 2 rings (SSSR count). The number of hydrogen-bond donors (Lipinski definition) is 2. The minimum absolute atomic E-state index is 0.120. The third-order valence-corrected chi connectivity index (χ3v) is 4.85. The molecule has 4 nitrogen and oxygen atoms in total. The zero-order chi connectivity index (χ0) is 13.2. The summed E-state index contributed by atoms with van der Waals surface area (Å²) in [6.07, 6.45) is 1.99. The SMILES string of the molecule is CCNc1ccccc1S(=O)(=O)NC1CC1CC. The van der Waals surface area contributed by atoms with Gasteiger partial charge in [0, 0.05) is 12.6 Å². The molecule has 100 valence electrons. The smallest absolute Gasteiger partial charge is 0.242 e. The summed E-state index contributed by atoms with van der Waals surface area (Å²) < 4.78 is 27.4. The molecule has 2 atom stereocenters. The van der Waals surface area contributed by atoms with E-state index in [9.17, 15) is 8.42 Å². The van der Waals surface area contributed by atoms with E-state index in [2.05, 4.69) is 17.0 Å². The Balaban J connectivity index is 2.19. The van der Waals surface area contributed by atoms with Crippen molar-refractivity contribution < 1.29 is 8.42 Å². The highest BCUT2D eigenvalue weighted by molar-refractivity contribution is 7.89. The van der Waals surface area contributed by atoms with Gasteiger partial charge in [0.15, 0.2) is 0 Å².